The lowest BCUT2D eigenvalue weighted by Gasteiger charge is -2.16. The molecule has 1 unspecified atom stereocenters. The molecule has 2 aromatic carbocycles. The van der Waals surface area contributed by atoms with Gasteiger partial charge in [-0.1, -0.05) is 30.3 Å². The first-order chi connectivity index (χ1) is 15.2. The van der Waals surface area contributed by atoms with E-state index in [1.165, 1.54) is 0 Å². The van der Waals surface area contributed by atoms with Crippen molar-refractivity contribution in [1.82, 2.24) is 15.1 Å². The molecule has 0 saturated heterocycles. The highest BCUT2D eigenvalue weighted by atomic mass is 19.3. The largest absolute Gasteiger partial charge is 0.363 e. The number of carbonyl (C=O) groups is 3. The SMILES string of the molecule is NC(=O)C(=O)C(Cc1ccccc1)NC(=O)c1cn(C(F)F)nc1-c1cc(F)cc(F)c1. The zero-order valence-electron chi connectivity index (χ0n) is 16.3. The first-order valence-corrected chi connectivity index (χ1v) is 9.18. The second-order valence-corrected chi connectivity index (χ2v) is 6.75. The zero-order valence-corrected chi connectivity index (χ0v) is 16.3. The van der Waals surface area contributed by atoms with Crippen molar-refractivity contribution in [2.45, 2.75) is 19.0 Å². The molecule has 0 saturated carbocycles. The van der Waals surface area contributed by atoms with Gasteiger partial charge in [-0.05, 0) is 17.7 Å². The van der Waals surface area contributed by atoms with Crippen LogP contribution in [-0.4, -0.2) is 33.4 Å². The molecule has 0 aliphatic carbocycles. The van der Waals surface area contributed by atoms with Crippen LogP contribution in [-0.2, 0) is 16.0 Å². The summed E-state index contributed by atoms with van der Waals surface area (Å²) in [6.45, 7) is -3.15. The number of amides is 2. The summed E-state index contributed by atoms with van der Waals surface area (Å²) in [7, 11) is 0. The molecule has 3 rings (SSSR count). The van der Waals surface area contributed by atoms with E-state index in [4.69, 9.17) is 5.73 Å². The van der Waals surface area contributed by atoms with Crippen molar-refractivity contribution in [2.75, 3.05) is 0 Å². The van der Waals surface area contributed by atoms with Crippen molar-refractivity contribution < 1.29 is 31.9 Å². The number of nitrogens with two attached hydrogens (primary N) is 1. The van der Waals surface area contributed by atoms with Crippen molar-refractivity contribution in [2.24, 2.45) is 5.73 Å². The molecule has 1 heterocycles. The predicted octanol–water partition coefficient (Wildman–Crippen LogP) is 2.62. The molecule has 0 bridgehead atoms. The molecule has 166 valence electrons. The quantitative estimate of drug-likeness (QED) is 0.408. The summed E-state index contributed by atoms with van der Waals surface area (Å²) < 4.78 is 53.8. The van der Waals surface area contributed by atoms with Crippen LogP contribution in [0.1, 0.15) is 22.5 Å². The fraction of sp³-hybridized carbons (Fsp3) is 0.143. The fourth-order valence-electron chi connectivity index (χ4n) is 3.03. The van der Waals surface area contributed by atoms with E-state index in [1.54, 1.807) is 30.3 Å². The van der Waals surface area contributed by atoms with Gasteiger partial charge in [0.1, 0.15) is 23.4 Å². The van der Waals surface area contributed by atoms with E-state index in [-0.39, 0.29) is 16.7 Å². The molecule has 11 heteroatoms. The lowest BCUT2D eigenvalue weighted by molar-refractivity contribution is -0.137. The molecule has 1 atom stereocenters. The number of halogens is 4. The lowest BCUT2D eigenvalue weighted by atomic mass is 10.0. The average Bonchev–Trinajstić information content (AvgIpc) is 3.19. The molecule has 1 aromatic heterocycles. The Morgan fingerprint density at radius 3 is 2.22 bits per heavy atom. The van der Waals surface area contributed by atoms with Gasteiger partial charge in [0, 0.05) is 24.2 Å². The van der Waals surface area contributed by atoms with E-state index in [1.807, 2.05) is 0 Å². The van der Waals surface area contributed by atoms with Crippen LogP contribution >= 0.6 is 0 Å². The number of hydrogen-bond acceptors (Lipinski definition) is 4. The van der Waals surface area contributed by atoms with E-state index in [0.29, 0.717) is 17.8 Å². The van der Waals surface area contributed by atoms with Crippen LogP contribution in [0, 0.1) is 11.6 Å². The van der Waals surface area contributed by atoms with E-state index in [0.717, 1.165) is 12.1 Å². The number of ketones is 1. The number of aromatic nitrogens is 2. The second-order valence-electron chi connectivity index (χ2n) is 6.75. The average molecular weight is 448 g/mol. The van der Waals surface area contributed by atoms with Crippen molar-refractivity contribution in [3.63, 3.8) is 0 Å². The van der Waals surface area contributed by atoms with Gasteiger partial charge in [0.15, 0.2) is 0 Å². The molecule has 32 heavy (non-hydrogen) atoms. The highest BCUT2D eigenvalue weighted by molar-refractivity contribution is 6.38. The van der Waals surface area contributed by atoms with E-state index in [9.17, 15) is 31.9 Å². The summed E-state index contributed by atoms with van der Waals surface area (Å²) in [5.74, 6) is -5.50. The van der Waals surface area contributed by atoms with Gasteiger partial charge in [-0.3, -0.25) is 14.4 Å². The lowest BCUT2D eigenvalue weighted by Crippen LogP contribution is -2.47. The van der Waals surface area contributed by atoms with Gasteiger partial charge in [-0.2, -0.15) is 13.9 Å². The predicted molar refractivity (Wildman–Crippen MR) is 104 cm³/mol. The van der Waals surface area contributed by atoms with Gasteiger partial charge in [0.2, 0.25) is 5.78 Å². The second kappa shape index (κ2) is 9.41. The smallest absolute Gasteiger partial charge is 0.333 e. The number of Topliss-reactive ketones (excluding diaryl/α,β-unsaturated/α-hetero) is 1. The molecule has 0 aliphatic heterocycles. The van der Waals surface area contributed by atoms with Crippen LogP contribution in [0.25, 0.3) is 11.3 Å². The number of hydrogen-bond donors (Lipinski definition) is 2. The minimum atomic E-state index is -3.15. The number of nitrogens with one attached hydrogen (secondary N) is 1. The van der Waals surface area contributed by atoms with Gasteiger partial charge < -0.3 is 11.1 Å². The highest BCUT2D eigenvalue weighted by Gasteiger charge is 2.29. The molecule has 0 spiro atoms. The fourth-order valence-corrected chi connectivity index (χ4v) is 3.03. The molecule has 0 radical (unpaired) electrons. The van der Waals surface area contributed by atoms with E-state index >= 15 is 0 Å². The van der Waals surface area contributed by atoms with Crippen molar-refractivity contribution in [3.05, 3.63) is 77.5 Å². The molecule has 2 amide bonds. The zero-order chi connectivity index (χ0) is 23.4. The molecule has 3 N–H and O–H groups in total. The first-order valence-electron chi connectivity index (χ1n) is 9.18. The van der Waals surface area contributed by atoms with Gasteiger partial charge in [-0.15, -0.1) is 0 Å². The summed E-state index contributed by atoms with van der Waals surface area (Å²) in [5, 5.41) is 5.83. The Balaban J connectivity index is 1.98. The summed E-state index contributed by atoms with van der Waals surface area (Å²) in [6.07, 6.45) is 0.563. The third-order valence-electron chi connectivity index (χ3n) is 4.46. The normalized spacial score (nSPS) is 11.9. The Morgan fingerprint density at radius 2 is 1.66 bits per heavy atom. The third kappa shape index (κ3) is 5.17. The number of benzene rings is 2. The van der Waals surface area contributed by atoms with Crippen LogP contribution in [0.5, 0.6) is 0 Å². The maximum atomic E-state index is 13.6. The van der Waals surface area contributed by atoms with E-state index < -0.39 is 53.1 Å². The number of alkyl halides is 2. The molecular formula is C21H16F4N4O3. The van der Waals surface area contributed by atoms with Crippen LogP contribution in [0.4, 0.5) is 17.6 Å². The molecular weight excluding hydrogens is 432 g/mol. The van der Waals surface area contributed by atoms with Gasteiger partial charge in [-0.25, -0.2) is 13.5 Å². The maximum absolute atomic E-state index is 13.6. The monoisotopic (exact) mass is 448 g/mol. The van der Waals surface area contributed by atoms with Crippen LogP contribution in [0.2, 0.25) is 0 Å². The standard InChI is InChI=1S/C21H16F4N4O3/c22-13-7-12(8-14(23)9-13)17-15(10-29(28-17)21(24)25)20(32)27-16(18(30)19(26)31)6-11-4-2-1-3-5-11/h1-5,7-10,16,21H,6H2,(H2,26,31)(H,27,32). The van der Waals surface area contributed by atoms with Gasteiger partial charge in [0.05, 0.1) is 5.56 Å². The van der Waals surface area contributed by atoms with Gasteiger partial charge in [0.25, 0.3) is 11.8 Å². The maximum Gasteiger partial charge on any atom is 0.333 e. The Labute approximate surface area is 178 Å². The molecule has 3 aromatic rings. The highest BCUT2D eigenvalue weighted by Crippen LogP contribution is 2.26. The summed E-state index contributed by atoms with van der Waals surface area (Å²) in [6, 6.07) is 9.13. The molecule has 7 nitrogen and oxygen atoms in total. The van der Waals surface area contributed by atoms with Crippen molar-refractivity contribution >= 4 is 17.6 Å². The molecule has 0 aliphatic rings. The number of nitrogens with zero attached hydrogens (tertiary/aromatic N) is 2. The molecule has 0 fully saturated rings. The summed E-state index contributed by atoms with van der Waals surface area (Å²) in [5.41, 5.74) is 4.46. The van der Waals surface area contributed by atoms with Crippen LogP contribution < -0.4 is 11.1 Å². The van der Waals surface area contributed by atoms with Gasteiger partial charge >= 0.3 is 6.55 Å². The van der Waals surface area contributed by atoms with Crippen LogP contribution in [0.15, 0.2) is 54.7 Å². The number of carbonyl (C=O) groups excluding carboxylic acids is 3. The van der Waals surface area contributed by atoms with Crippen molar-refractivity contribution in [3.8, 4) is 11.3 Å². The summed E-state index contributed by atoms with van der Waals surface area (Å²) >= 11 is 0. The first kappa shape index (κ1) is 22.7. The number of rotatable bonds is 8. The van der Waals surface area contributed by atoms with Crippen molar-refractivity contribution in [1.29, 1.82) is 0 Å². The Morgan fingerprint density at radius 1 is 1.03 bits per heavy atom. The Bertz CT molecular complexity index is 1140. The number of primary amides is 1. The Hall–Kier alpha value is -4.02. The Kier molecular flexibility index (Phi) is 6.67. The summed E-state index contributed by atoms with van der Waals surface area (Å²) in [4.78, 5) is 36.5. The topological polar surface area (TPSA) is 107 Å². The minimum Gasteiger partial charge on any atom is -0.363 e. The third-order valence-corrected chi connectivity index (χ3v) is 4.46. The minimum absolute atomic E-state index is 0.110. The van der Waals surface area contributed by atoms with Crippen LogP contribution in [0.3, 0.4) is 0 Å². The van der Waals surface area contributed by atoms with E-state index in [2.05, 4.69) is 10.4 Å².